The van der Waals surface area contributed by atoms with Crippen LogP contribution in [-0.2, 0) is 9.84 Å². The van der Waals surface area contributed by atoms with Gasteiger partial charge in [-0.3, -0.25) is 0 Å². The molecule has 1 heterocycles. The van der Waals surface area contributed by atoms with Gasteiger partial charge < -0.3 is 10.1 Å². The fraction of sp³-hybridized carbons (Fsp3) is 0.615. The first-order valence-electron chi connectivity index (χ1n) is 6.44. The maximum Gasteiger partial charge on any atom is 0.213 e. The molecule has 2 unspecified atom stereocenters. The highest BCUT2D eigenvalue weighted by Gasteiger charge is 2.28. The molecule has 1 aromatic rings. The van der Waals surface area contributed by atoms with Crippen LogP contribution in [0, 0.1) is 0 Å². The number of nitrogens with one attached hydrogen (secondary N) is 1. The van der Waals surface area contributed by atoms with Gasteiger partial charge in [0.2, 0.25) is 5.88 Å². The fourth-order valence-corrected chi connectivity index (χ4v) is 3.66. The molecule has 19 heavy (non-hydrogen) atoms. The van der Waals surface area contributed by atoms with Crippen molar-refractivity contribution in [1.29, 1.82) is 0 Å². The minimum atomic E-state index is -2.94. The Labute approximate surface area is 114 Å². The van der Waals surface area contributed by atoms with E-state index >= 15 is 0 Å². The first-order valence-corrected chi connectivity index (χ1v) is 8.40. The molecule has 0 aliphatic heterocycles. The predicted octanol–water partition coefficient (Wildman–Crippen LogP) is 1.86. The van der Waals surface area contributed by atoms with Crippen LogP contribution < -0.4 is 10.1 Å². The van der Waals surface area contributed by atoms with E-state index in [-0.39, 0.29) is 11.3 Å². The van der Waals surface area contributed by atoms with E-state index in [9.17, 15) is 8.42 Å². The van der Waals surface area contributed by atoms with Crippen LogP contribution in [-0.4, -0.2) is 38.1 Å². The largest absolute Gasteiger partial charge is 0.481 e. The molecule has 0 aromatic carbocycles. The minimum absolute atomic E-state index is 0.198. The highest BCUT2D eigenvalue weighted by atomic mass is 32.2. The lowest BCUT2D eigenvalue weighted by Crippen LogP contribution is -2.34. The summed E-state index contributed by atoms with van der Waals surface area (Å²) in [5, 5.41) is 3.13. The monoisotopic (exact) mass is 284 g/mol. The summed E-state index contributed by atoms with van der Waals surface area (Å²) in [6.07, 6.45) is 6.43. The number of methoxy groups -OCH3 is 1. The van der Waals surface area contributed by atoms with Gasteiger partial charge in [-0.2, -0.15) is 0 Å². The van der Waals surface area contributed by atoms with Crippen LogP contribution in [0.4, 0.5) is 5.69 Å². The molecule has 2 atom stereocenters. The first kappa shape index (κ1) is 14.1. The van der Waals surface area contributed by atoms with Gasteiger partial charge in [0.1, 0.15) is 9.84 Å². The molecule has 1 N–H and O–H groups in total. The average Bonchev–Trinajstić information content (AvgIpc) is 2.39. The molecule has 1 saturated carbocycles. The summed E-state index contributed by atoms with van der Waals surface area (Å²) in [7, 11) is -1.36. The molecule has 0 spiro atoms. The Bertz CT molecular complexity index is 513. The fourth-order valence-electron chi connectivity index (χ4n) is 2.49. The Hall–Kier alpha value is -1.30. The van der Waals surface area contributed by atoms with E-state index in [0.29, 0.717) is 12.3 Å². The Morgan fingerprint density at radius 1 is 1.37 bits per heavy atom. The zero-order chi connectivity index (χ0) is 13.9. The molecule has 1 aromatic heterocycles. The number of anilines is 1. The van der Waals surface area contributed by atoms with E-state index in [1.807, 2.05) is 6.07 Å². The van der Waals surface area contributed by atoms with Crippen molar-refractivity contribution in [2.24, 2.45) is 0 Å². The summed E-state index contributed by atoms with van der Waals surface area (Å²) in [6.45, 7) is 0. The Balaban J connectivity index is 1.98. The lowest BCUT2D eigenvalue weighted by atomic mass is 9.95. The van der Waals surface area contributed by atoms with Crippen molar-refractivity contribution >= 4 is 15.5 Å². The zero-order valence-electron chi connectivity index (χ0n) is 11.3. The molecule has 0 saturated heterocycles. The van der Waals surface area contributed by atoms with Gasteiger partial charge in [0.05, 0.1) is 24.2 Å². The van der Waals surface area contributed by atoms with E-state index < -0.39 is 9.84 Å². The highest BCUT2D eigenvalue weighted by Crippen LogP contribution is 2.26. The van der Waals surface area contributed by atoms with Crippen LogP contribution in [0.1, 0.15) is 25.7 Å². The van der Waals surface area contributed by atoms with Gasteiger partial charge >= 0.3 is 0 Å². The quantitative estimate of drug-likeness (QED) is 0.914. The second-order valence-electron chi connectivity index (χ2n) is 5.05. The van der Waals surface area contributed by atoms with E-state index in [0.717, 1.165) is 24.9 Å². The van der Waals surface area contributed by atoms with Crippen LogP contribution in [0.5, 0.6) is 5.88 Å². The van der Waals surface area contributed by atoms with Crippen LogP contribution in [0.15, 0.2) is 18.3 Å². The van der Waals surface area contributed by atoms with Crippen molar-refractivity contribution in [3.63, 3.8) is 0 Å². The molecule has 0 bridgehead atoms. The van der Waals surface area contributed by atoms with Crippen molar-refractivity contribution in [3.8, 4) is 5.88 Å². The molecule has 0 amide bonds. The van der Waals surface area contributed by atoms with Gasteiger partial charge in [-0.25, -0.2) is 13.4 Å². The van der Waals surface area contributed by atoms with Crippen LogP contribution in [0.3, 0.4) is 0 Å². The summed E-state index contributed by atoms with van der Waals surface area (Å²) in [5.74, 6) is 0.572. The summed E-state index contributed by atoms with van der Waals surface area (Å²) < 4.78 is 28.2. The molecule has 1 aliphatic carbocycles. The molecular weight excluding hydrogens is 264 g/mol. The number of rotatable bonds is 4. The van der Waals surface area contributed by atoms with E-state index in [1.165, 1.54) is 6.26 Å². The van der Waals surface area contributed by atoms with Crippen LogP contribution in [0.2, 0.25) is 0 Å². The zero-order valence-corrected chi connectivity index (χ0v) is 12.1. The van der Waals surface area contributed by atoms with Gasteiger partial charge in [-0.15, -0.1) is 0 Å². The third-order valence-corrected chi connectivity index (χ3v) is 5.19. The number of aromatic nitrogens is 1. The van der Waals surface area contributed by atoms with Gasteiger partial charge in [-0.05, 0) is 25.3 Å². The predicted molar refractivity (Wildman–Crippen MR) is 75.3 cm³/mol. The minimum Gasteiger partial charge on any atom is -0.481 e. The van der Waals surface area contributed by atoms with Crippen LogP contribution >= 0.6 is 0 Å². The number of hydrogen-bond acceptors (Lipinski definition) is 5. The molecular formula is C13H20N2O3S. The van der Waals surface area contributed by atoms with Gasteiger partial charge in [0.25, 0.3) is 0 Å². The van der Waals surface area contributed by atoms with E-state index in [4.69, 9.17) is 4.74 Å². The lowest BCUT2D eigenvalue weighted by molar-refractivity contribution is 0.398. The highest BCUT2D eigenvalue weighted by molar-refractivity contribution is 7.91. The SMILES string of the molecule is COc1ccc(NC2CCCC(S(C)(=O)=O)C2)cn1. The van der Waals surface area contributed by atoms with Gasteiger partial charge in [0.15, 0.2) is 0 Å². The summed E-state index contributed by atoms with van der Waals surface area (Å²) in [6, 6.07) is 3.89. The standard InChI is InChI=1S/C13H20N2O3S/c1-18-13-7-6-11(9-14-13)15-10-4-3-5-12(8-10)19(2,16)17/h6-7,9-10,12,15H,3-5,8H2,1-2H3. The first-order chi connectivity index (χ1) is 8.99. The molecule has 5 nitrogen and oxygen atoms in total. The van der Waals surface area contributed by atoms with Gasteiger partial charge in [-0.1, -0.05) is 6.42 Å². The van der Waals surface area contributed by atoms with Crippen molar-refractivity contribution in [1.82, 2.24) is 4.98 Å². The molecule has 106 valence electrons. The van der Waals surface area contributed by atoms with Crippen molar-refractivity contribution in [3.05, 3.63) is 18.3 Å². The third-order valence-electron chi connectivity index (χ3n) is 3.55. The van der Waals surface area contributed by atoms with Crippen molar-refractivity contribution in [2.75, 3.05) is 18.7 Å². The Morgan fingerprint density at radius 3 is 2.74 bits per heavy atom. The Kier molecular flexibility index (Phi) is 4.29. The number of nitrogens with zero attached hydrogens (tertiary/aromatic N) is 1. The second-order valence-corrected chi connectivity index (χ2v) is 7.37. The van der Waals surface area contributed by atoms with E-state index in [1.54, 1.807) is 19.4 Å². The second kappa shape index (κ2) is 5.77. The molecule has 2 rings (SSSR count). The normalized spacial score (nSPS) is 23.9. The van der Waals surface area contributed by atoms with Crippen LogP contribution in [0.25, 0.3) is 0 Å². The number of hydrogen-bond donors (Lipinski definition) is 1. The smallest absolute Gasteiger partial charge is 0.213 e. The molecule has 0 radical (unpaired) electrons. The maximum absolute atomic E-state index is 11.6. The average molecular weight is 284 g/mol. The molecule has 1 fully saturated rings. The summed E-state index contributed by atoms with van der Waals surface area (Å²) in [4.78, 5) is 4.13. The topological polar surface area (TPSA) is 68.3 Å². The Morgan fingerprint density at radius 2 is 2.16 bits per heavy atom. The summed E-state index contributed by atoms with van der Waals surface area (Å²) >= 11 is 0. The lowest BCUT2D eigenvalue weighted by Gasteiger charge is -2.29. The number of pyridine rings is 1. The van der Waals surface area contributed by atoms with E-state index in [2.05, 4.69) is 10.3 Å². The van der Waals surface area contributed by atoms with Crippen molar-refractivity contribution < 1.29 is 13.2 Å². The maximum atomic E-state index is 11.6. The summed E-state index contributed by atoms with van der Waals surface area (Å²) in [5.41, 5.74) is 0.903. The third kappa shape index (κ3) is 3.83. The number of ether oxygens (including phenoxy) is 1. The molecule has 6 heteroatoms. The van der Waals surface area contributed by atoms with Crippen molar-refractivity contribution in [2.45, 2.75) is 37.0 Å². The molecule has 1 aliphatic rings. The van der Waals surface area contributed by atoms with Gasteiger partial charge in [0, 0.05) is 18.4 Å². The number of sulfone groups is 1.